The lowest BCUT2D eigenvalue weighted by Crippen LogP contribution is -2.28. The first-order valence-corrected chi connectivity index (χ1v) is 6.67. The first-order valence-electron chi connectivity index (χ1n) is 6.67. The fraction of sp³-hybridized carbons (Fsp3) is 0.800. The van der Waals surface area contributed by atoms with Crippen LogP contribution in [0.3, 0.4) is 0 Å². The molecule has 0 amide bonds. The van der Waals surface area contributed by atoms with Gasteiger partial charge in [0.2, 0.25) is 0 Å². The maximum atomic E-state index is 11.4. The molecule has 0 aliphatic carbocycles. The van der Waals surface area contributed by atoms with Crippen molar-refractivity contribution in [1.29, 1.82) is 0 Å². The van der Waals surface area contributed by atoms with Gasteiger partial charge in [-0.3, -0.25) is 0 Å². The number of hydrogen-bond acceptors (Lipinski definition) is 2. The maximum absolute atomic E-state index is 11.4. The monoisotopic (exact) mass is 240 g/mol. The molecule has 0 saturated carbocycles. The van der Waals surface area contributed by atoms with Crippen molar-refractivity contribution in [2.24, 2.45) is 5.92 Å². The normalized spacial score (nSPS) is 13.2. The summed E-state index contributed by atoms with van der Waals surface area (Å²) in [5, 5.41) is 0. The van der Waals surface area contributed by atoms with E-state index in [0.29, 0.717) is 5.57 Å². The van der Waals surface area contributed by atoms with Crippen molar-refractivity contribution in [2.45, 2.75) is 72.3 Å². The molecule has 0 aromatic heterocycles. The van der Waals surface area contributed by atoms with Gasteiger partial charge in [0.05, 0.1) is 0 Å². The Hall–Kier alpha value is -0.790. The fourth-order valence-corrected chi connectivity index (χ4v) is 1.90. The van der Waals surface area contributed by atoms with Crippen molar-refractivity contribution in [1.82, 2.24) is 0 Å². The van der Waals surface area contributed by atoms with Crippen molar-refractivity contribution in [3.05, 3.63) is 12.2 Å². The molecule has 0 rings (SSSR count). The van der Waals surface area contributed by atoms with E-state index < -0.39 is 0 Å². The van der Waals surface area contributed by atoms with Crippen molar-refractivity contribution < 1.29 is 9.53 Å². The van der Waals surface area contributed by atoms with E-state index in [-0.39, 0.29) is 11.6 Å². The minimum absolute atomic E-state index is 0.281. The molecule has 0 spiro atoms. The van der Waals surface area contributed by atoms with Crippen LogP contribution in [0, 0.1) is 5.92 Å². The number of esters is 1. The summed E-state index contributed by atoms with van der Waals surface area (Å²) in [6.45, 7) is 13.7. The quantitative estimate of drug-likeness (QED) is 0.461. The average molecular weight is 240 g/mol. The zero-order valence-corrected chi connectivity index (χ0v) is 12.1. The minimum Gasteiger partial charge on any atom is -0.456 e. The van der Waals surface area contributed by atoms with E-state index in [9.17, 15) is 4.79 Å². The molecule has 0 aliphatic rings. The second kappa shape index (κ2) is 7.52. The number of rotatable bonds is 8. The Morgan fingerprint density at radius 1 is 1.35 bits per heavy atom. The van der Waals surface area contributed by atoms with E-state index in [1.165, 1.54) is 19.3 Å². The van der Waals surface area contributed by atoms with E-state index in [0.717, 1.165) is 18.8 Å². The first kappa shape index (κ1) is 16.2. The van der Waals surface area contributed by atoms with Gasteiger partial charge in [0.25, 0.3) is 0 Å². The zero-order valence-electron chi connectivity index (χ0n) is 12.1. The second-order valence-electron chi connectivity index (χ2n) is 5.72. The highest BCUT2D eigenvalue weighted by Crippen LogP contribution is 2.22. The molecule has 0 aromatic carbocycles. The third kappa shape index (κ3) is 8.00. The fourth-order valence-electron chi connectivity index (χ4n) is 1.90. The average Bonchev–Trinajstić information content (AvgIpc) is 2.16. The lowest BCUT2D eigenvalue weighted by Gasteiger charge is -2.25. The summed E-state index contributed by atoms with van der Waals surface area (Å²) in [5.74, 6) is 0.490. The lowest BCUT2D eigenvalue weighted by atomic mass is 9.94. The number of carbonyl (C=O) groups is 1. The van der Waals surface area contributed by atoms with Gasteiger partial charge in [0.1, 0.15) is 5.60 Å². The van der Waals surface area contributed by atoms with Crippen molar-refractivity contribution in [3.8, 4) is 0 Å². The van der Waals surface area contributed by atoms with E-state index in [2.05, 4.69) is 20.4 Å². The first-order chi connectivity index (χ1) is 7.78. The highest BCUT2D eigenvalue weighted by molar-refractivity contribution is 5.87. The number of ether oxygens (including phenoxy) is 1. The molecule has 0 fully saturated rings. The number of hydrogen-bond donors (Lipinski definition) is 0. The van der Waals surface area contributed by atoms with Crippen LogP contribution < -0.4 is 0 Å². The Morgan fingerprint density at radius 3 is 2.41 bits per heavy atom. The molecule has 100 valence electrons. The summed E-state index contributed by atoms with van der Waals surface area (Å²) < 4.78 is 5.40. The van der Waals surface area contributed by atoms with Crippen LogP contribution in [-0.2, 0) is 9.53 Å². The highest BCUT2D eigenvalue weighted by Gasteiger charge is 2.22. The van der Waals surface area contributed by atoms with Crippen molar-refractivity contribution in [2.75, 3.05) is 0 Å². The summed E-state index contributed by atoms with van der Waals surface area (Å²) >= 11 is 0. The van der Waals surface area contributed by atoms with Gasteiger partial charge < -0.3 is 4.74 Å². The van der Waals surface area contributed by atoms with Crippen LogP contribution in [0.5, 0.6) is 0 Å². The van der Waals surface area contributed by atoms with Gasteiger partial charge in [0, 0.05) is 5.57 Å². The second-order valence-corrected chi connectivity index (χ2v) is 5.72. The van der Waals surface area contributed by atoms with Crippen LogP contribution in [0.25, 0.3) is 0 Å². The van der Waals surface area contributed by atoms with E-state index >= 15 is 0 Å². The van der Waals surface area contributed by atoms with Gasteiger partial charge in [-0.15, -0.1) is 0 Å². The third-order valence-electron chi connectivity index (χ3n) is 2.97. The van der Waals surface area contributed by atoms with Crippen LogP contribution in [0.2, 0.25) is 0 Å². The molecule has 2 nitrogen and oxygen atoms in total. The summed E-state index contributed by atoms with van der Waals surface area (Å²) in [5.41, 5.74) is 0.0968. The van der Waals surface area contributed by atoms with Crippen LogP contribution in [0.1, 0.15) is 66.7 Å². The smallest absolute Gasteiger partial charge is 0.333 e. The molecule has 0 N–H and O–H groups in total. The van der Waals surface area contributed by atoms with Gasteiger partial charge in [-0.25, -0.2) is 4.79 Å². The van der Waals surface area contributed by atoms with Gasteiger partial charge in [-0.1, -0.05) is 39.7 Å². The van der Waals surface area contributed by atoms with E-state index in [1.54, 1.807) is 6.92 Å². The highest BCUT2D eigenvalue weighted by atomic mass is 16.6. The Labute approximate surface area is 106 Å². The van der Waals surface area contributed by atoms with Gasteiger partial charge >= 0.3 is 5.97 Å². The minimum atomic E-state index is -0.373. The lowest BCUT2D eigenvalue weighted by molar-refractivity contribution is -0.152. The SMILES string of the molecule is C=C(C)C(=O)OC(C)(C)CCCC(C)CCC. The Morgan fingerprint density at radius 2 is 1.94 bits per heavy atom. The maximum Gasteiger partial charge on any atom is 0.333 e. The predicted molar refractivity (Wildman–Crippen MR) is 72.9 cm³/mol. The molecular weight excluding hydrogens is 212 g/mol. The summed E-state index contributed by atoms with van der Waals surface area (Å²) in [4.78, 5) is 11.4. The van der Waals surface area contributed by atoms with Gasteiger partial charge in [-0.05, 0) is 39.5 Å². The largest absolute Gasteiger partial charge is 0.456 e. The van der Waals surface area contributed by atoms with Crippen LogP contribution in [0.4, 0.5) is 0 Å². The molecule has 17 heavy (non-hydrogen) atoms. The standard InChI is InChI=1S/C15H28O2/c1-7-9-13(4)10-8-11-15(5,6)17-14(16)12(2)3/h13H,2,7-11H2,1,3-6H3. The molecule has 1 unspecified atom stereocenters. The molecule has 1 atom stereocenters. The third-order valence-corrected chi connectivity index (χ3v) is 2.97. The predicted octanol–water partition coefficient (Wildman–Crippen LogP) is 4.49. The van der Waals surface area contributed by atoms with E-state index in [1.807, 2.05) is 13.8 Å². The van der Waals surface area contributed by atoms with Crippen LogP contribution in [0.15, 0.2) is 12.2 Å². The molecule has 0 radical (unpaired) electrons. The van der Waals surface area contributed by atoms with Crippen LogP contribution in [-0.4, -0.2) is 11.6 Å². The Bertz CT molecular complexity index is 254. The Kier molecular flexibility index (Phi) is 7.17. The molecular formula is C15H28O2. The topological polar surface area (TPSA) is 26.3 Å². The molecule has 2 heteroatoms. The van der Waals surface area contributed by atoms with Crippen molar-refractivity contribution in [3.63, 3.8) is 0 Å². The van der Waals surface area contributed by atoms with Gasteiger partial charge in [0.15, 0.2) is 0 Å². The molecule has 0 bridgehead atoms. The Balaban J connectivity index is 3.93. The number of carbonyl (C=O) groups excluding carboxylic acids is 1. The molecule has 0 heterocycles. The van der Waals surface area contributed by atoms with Crippen molar-refractivity contribution >= 4 is 5.97 Å². The zero-order chi connectivity index (χ0) is 13.5. The summed E-state index contributed by atoms with van der Waals surface area (Å²) in [7, 11) is 0. The summed E-state index contributed by atoms with van der Waals surface area (Å²) in [6.07, 6.45) is 5.76. The molecule has 0 aliphatic heterocycles. The molecule has 0 saturated heterocycles. The summed E-state index contributed by atoms with van der Waals surface area (Å²) in [6, 6.07) is 0. The van der Waals surface area contributed by atoms with Gasteiger partial charge in [-0.2, -0.15) is 0 Å². The molecule has 0 aromatic rings. The van der Waals surface area contributed by atoms with E-state index in [4.69, 9.17) is 4.74 Å². The van der Waals surface area contributed by atoms with Crippen LogP contribution >= 0.6 is 0 Å².